The lowest BCUT2D eigenvalue weighted by molar-refractivity contribution is 0.0873. The Morgan fingerprint density at radius 3 is 3.10 bits per heavy atom. The van der Waals surface area contributed by atoms with E-state index >= 15 is 0 Å². The normalized spacial score (nSPS) is 24.8. The van der Waals surface area contributed by atoms with Crippen molar-refractivity contribution in [2.24, 2.45) is 5.92 Å². The first kappa shape index (κ1) is 14.4. The Morgan fingerprint density at radius 1 is 1.33 bits per heavy atom. The number of carbonyl (C=O) groups is 1. The first-order valence-corrected chi connectivity index (χ1v) is 8.06. The highest BCUT2D eigenvalue weighted by Gasteiger charge is 2.22. The molecule has 4 nitrogen and oxygen atoms in total. The minimum absolute atomic E-state index is 0.0237. The Hall–Kier alpha value is -1.55. The SMILES string of the molecule is O=C(NCC1CCCC(O)C1)c1cccc2c1CCCN2. The van der Waals surface area contributed by atoms with Gasteiger partial charge < -0.3 is 15.7 Å². The summed E-state index contributed by atoms with van der Waals surface area (Å²) in [6, 6.07) is 5.90. The third-order valence-corrected chi connectivity index (χ3v) is 4.65. The lowest BCUT2D eigenvalue weighted by Gasteiger charge is -2.26. The van der Waals surface area contributed by atoms with Crippen molar-refractivity contribution in [2.75, 3.05) is 18.4 Å². The van der Waals surface area contributed by atoms with E-state index < -0.39 is 0 Å². The Morgan fingerprint density at radius 2 is 2.24 bits per heavy atom. The fourth-order valence-corrected chi connectivity index (χ4v) is 3.50. The topological polar surface area (TPSA) is 61.4 Å². The third kappa shape index (κ3) is 3.38. The number of hydrogen-bond donors (Lipinski definition) is 3. The number of aliphatic hydroxyl groups excluding tert-OH is 1. The molecular weight excluding hydrogens is 264 g/mol. The molecule has 1 aromatic rings. The third-order valence-electron chi connectivity index (χ3n) is 4.65. The molecule has 1 aliphatic carbocycles. The Bertz CT molecular complexity index is 516. The maximum atomic E-state index is 12.4. The molecule has 0 bridgehead atoms. The zero-order valence-corrected chi connectivity index (χ0v) is 12.4. The monoisotopic (exact) mass is 288 g/mol. The molecule has 0 radical (unpaired) electrons. The summed E-state index contributed by atoms with van der Waals surface area (Å²) in [6.45, 7) is 1.66. The maximum Gasteiger partial charge on any atom is 0.251 e. The summed E-state index contributed by atoms with van der Waals surface area (Å²) in [4.78, 5) is 12.4. The van der Waals surface area contributed by atoms with Crippen LogP contribution in [-0.4, -0.2) is 30.2 Å². The maximum absolute atomic E-state index is 12.4. The van der Waals surface area contributed by atoms with Gasteiger partial charge in [-0.25, -0.2) is 0 Å². The van der Waals surface area contributed by atoms with Crippen molar-refractivity contribution in [3.63, 3.8) is 0 Å². The second kappa shape index (κ2) is 6.48. The first-order chi connectivity index (χ1) is 10.2. The molecule has 1 aromatic carbocycles. The quantitative estimate of drug-likeness (QED) is 0.800. The van der Waals surface area contributed by atoms with Gasteiger partial charge >= 0.3 is 0 Å². The van der Waals surface area contributed by atoms with Gasteiger partial charge in [0, 0.05) is 24.3 Å². The van der Waals surface area contributed by atoms with E-state index in [2.05, 4.69) is 10.6 Å². The summed E-state index contributed by atoms with van der Waals surface area (Å²) < 4.78 is 0. The lowest BCUT2D eigenvalue weighted by atomic mass is 9.87. The van der Waals surface area contributed by atoms with Crippen LogP contribution < -0.4 is 10.6 Å². The molecule has 3 rings (SSSR count). The van der Waals surface area contributed by atoms with E-state index in [4.69, 9.17) is 0 Å². The van der Waals surface area contributed by atoms with Crippen molar-refractivity contribution >= 4 is 11.6 Å². The van der Waals surface area contributed by atoms with Gasteiger partial charge in [0.15, 0.2) is 0 Å². The summed E-state index contributed by atoms with van der Waals surface area (Å²) in [5, 5.41) is 16.1. The highest BCUT2D eigenvalue weighted by Crippen LogP contribution is 2.26. The Labute approximate surface area is 125 Å². The van der Waals surface area contributed by atoms with Gasteiger partial charge in [-0.2, -0.15) is 0 Å². The predicted molar refractivity (Wildman–Crippen MR) is 83.6 cm³/mol. The highest BCUT2D eigenvalue weighted by atomic mass is 16.3. The van der Waals surface area contributed by atoms with Crippen LogP contribution in [0.15, 0.2) is 18.2 Å². The second-order valence-electron chi connectivity index (χ2n) is 6.26. The average molecular weight is 288 g/mol. The van der Waals surface area contributed by atoms with Crippen LogP contribution in [0, 0.1) is 5.92 Å². The van der Waals surface area contributed by atoms with E-state index in [1.165, 1.54) is 0 Å². The zero-order chi connectivity index (χ0) is 14.7. The van der Waals surface area contributed by atoms with E-state index in [0.29, 0.717) is 12.5 Å². The van der Waals surface area contributed by atoms with Crippen molar-refractivity contribution < 1.29 is 9.90 Å². The van der Waals surface area contributed by atoms with Gasteiger partial charge in [-0.3, -0.25) is 4.79 Å². The number of carbonyl (C=O) groups excluding carboxylic acids is 1. The Balaban J connectivity index is 1.63. The minimum atomic E-state index is -0.186. The van der Waals surface area contributed by atoms with E-state index in [1.807, 2.05) is 18.2 Å². The summed E-state index contributed by atoms with van der Waals surface area (Å²) in [7, 11) is 0. The lowest BCUT2D eigenvalue weighted by Crippen LogP contribution is -2.33. The van der Waals surface area contributed by atoms with Crippen LogP contribution in [0.5, 0.6) is 0 Å². The zero-order valence-electron chi connectivity index (χ0n) is 12.4. The summed E-state index contributed by atoms with van der Waals surface area (Å²) in [5.74, 6) is 0.436. The predicted octanol–water partition coefficient (Wildman–Crippen LogP) is 2.33. The first-order valence-electron chi connectivity index (χ1n) is 8.06. The number of hydrogen-bond acceptors (Lipinski definition) is 3. The van der Waals surface area contributed by atoms with Crippen molar-refractivity contribution in [2.45, 2.75) is 44.6 Å². The molecule has 2 unspecified atom stereocenters. The molecule has 21 heavy (non-hydrogen) atoms. The number of benzene rings is 1. The molecule has 0 aromatic heterocycles. The molecule has 3 N–H and O–H groups in total. The van der Waals surface area contributed by atoms with E-state index in [1.54, 1.807) is 0 Å². The molecule has 1 heterocycles. The molecule has 0 saturated heterocycles. The van der Waals surface area contributed by atoms with E-state index in [0.717, 1.165) is 61.9 Å². The molecular formula is C17H24N2O2. The minimum Gasteiger partial charge on any atom is -0.393 e. The van der Waals surface area contributed by atoms with Crippen LogP contribution in [0.3, 0.4) is 0 Å². The van der Waals surface area contributed by atoms with Crippen molar-refractivity contribution in [1.29, 1.82) is 0 Å². The number of rotatable bonds is 3. The molecule has 0 spiro atoms. The number of anilines is 1. The number of nitrogens with one attached hydrogen (secondary N) is 2. The summed E-state index contributed by atoms with van der Waals surface area (Å²) >= 11 is 0. The molecule has 1 fully saturated rings. The molecule has 2 aliphatic rings. The van der Waals surface area contributed by atoms with Gasteiger partial charge in [-0.05, 0) is 55.7 Å². The summed E-state index contributed by atoms with van der Waals surface area (Å²) in [5.41, 5.74) is 3.04. The number of fused-ring (bicyclic) bond motifs is 1. The number of amides is 1. The molecule has 1 aliphatic heterocycles. The second-order valence-corrected chi connectivity index (χ2v) is 6.26. The van der Waals surface area contributed by atoms with Gasteiger partial charge in [0.2, 0.25) is 0 Å². The van der Waals surface area contributed by atoms with Crippen LogP contribution in [0.25, 0.3) is 0 Å². The van der Waals surface area contributed by atoms with E-state index in [9.17, 15) is 9.90 Å². The van der Waals surface area contributed by atoms with Gasteiger partial charge in [-0.15, -0.1) is 0 Å². The largest absolute Gasteiger partial charge is 0.393 e. The fourth-order valence-electron chi connectivity index (χ4n) is 3.50. The molecule has 114 valence electrons. The molecule has 4 heteroatoms. The van der Waals surface area contributed by atoms with Crippen molar-refractivity contribution in [1.82, 2.24) is 5.32 Å². The molecule has 1 saturated carbocycles. The van der Waals surface area contributed by atoms with Gasteiger partial charge in [0.05, 0.1) is 6.10 Å². The van der Waals surface area contributed by atoms with Crippen molar-refractivity contribution in [3.05, 3.63) is 29.3 Å². The van der Waals surface area contributed by atoms with Gasteiger partial charge in [0.1, 0.15) is 0 Å². The average Bonchev–Trinajstić information content (AvgIpc) is 2.52. The van der Waals surface area contributed by atoms with Crippen LogP contribution in [-0.2, 0) is 6.42 Å². The van der Waals surface area contributed by atoms with Crippen LogP contribution in [0.4, 0.5) is 5.69 Å². The smallest absolute Gasteiger partial charge is 0.251 e. The highest BCUT2D eigenvalue weighted by molar-refractivity contribution is 5.97. The molecule has 1 amide bonds. The fraction of sp³-hybridized carbons (Fsp3) is 0.588. The van der Waals surface area contributed by atoms with Crippen LogP contribution in [0.2, 0.25) is 0 Å². The van der Waals surface area contributed by atoms with Gasteiger partial charge in [0.25, 0.3) is 5.91 Å². The number of aliphatic hydroxyl groups is 1. The van der Waals surface area contributed by atoms with Gasteiger partial charge in [-0.1, -0.05) is 12.5 Å². The Kier molecular flexibility index (Phi) is 4.44. The summed E-state index contributed by atoms with van der Waals surface area (Å²) in [6.07, 6.45) is 5.74. The van der Waals surface area contributed by atoms with Crippen LogP contribution in [0.1, 0.15) is 48.0 Å². The van der Waals surface area contributed by atoms with E-state index in [-0.39, 0.29) is 12.0 Å². The molecule has 2 atom stereocenters. The van der Waals surface area contributed by atoms with Crippen LogP contribution >= 0.6 is 0 Å². The standard InChI is InChI=1S/C17H24N2O2/c20-13-5-1-4-12(10-13)11-19-17(21)15-6-2-8-16-14(15)7-3-9-18-16/h2,6,8,12-13,18,20H,1,3-5,7,9-11H2,(H,19,21). The van der Waals surface area contributed by atoms with Crippen molar-refractivity contribution in [3.8, 4) is 0 Å².